The Bertz CT molecular complexity index is 201. The van der Waals surface area contributed by atoms with Crippen LogP contribution in [0.2, 0.25) is 0 Å². The topological polar surface area (TPSA) is 29.3 Å². The normalized spacial score (nSPS) is 33.2. The van der Waals surface area contributed by atoms with Gasteiger partial charge in [-0.2, -0.15) is 0 Å². The van der Waals surface area contributed by atoms with Crippen LogP contribution in [0, 0.1) is 5.92 Å². The van der Waals surface area contributed by atoms with E-state index in [9.17, 15) is 0 Å². The molecule has 2 heteroatoms. The van der Waals surface area contributed by atoms with Crippen molar-refractivity contribution < 1.29 is 0 Å². The number of nitrogens with two attached hydrogens (primary N) is 1. The molecule has 0 spiro atoms. The third-order valence-corrected chi connectivity index (χ3v) is 4.62. The van der Waals surface area contributed by atoms with E-state index in [-0.39, 0.29) is 0 Å². The summed E-state index contributed by atoms with van der Waals surface area (Å²) in [6, 6.07) is 1.08. The van der Waals surface area contributed by atoms with Crippen molar-refractivity contribution in [3.8, 4) is 0 Å². The van der Waals surface area contributed by atoms with Gasteiger partial charge in [0.25, 0.3) is 0 Å². The quantitative estimate of drug-likeness (QED) is 0.798. The summed E-state index contributed by atoms with van der Waals surface area (Å²) >= 11 is 0. The fraction of sp³-hybridized carbons (Fsp3) is 1.00. The molecule has 2 N–H and O–H groups in total. The van der Waals surface area contributed by atoms with Crippen molar-refractivity contribution in [2.24, 2.45) is 11.7 Å². The van der Waals surface area contributed by atoms with Gasteiger partial charge in [-0.05, 0) is 38.6 Å². The third kappa shape index (κ3) is 3.21. The van der Waals surface area contributed by atoms with E-state index in [0.29, 0.717) is 12.1 Å². The van der Waals surface area contributed by atoms with Gasteiger partial charge in [0.1, 0.15) is 0 Å². The summed E-state index contributed by atoms with van der Waals surface area (Å²) < 4.78 is 0. The zero-order chi connectivity index (χ0) is 11.4. The smallest absolute Gasteiger partial charge is 0.0244 e. The van der Waals surface area contributed by atoms with Crippen LogP contribution in [0.4, 0.5) is 0 Å². The van der Waals surface area contributed by atoms with Crippen molar-refractivity contribution >= 4 is 0 Å². The summed E-state index contributed by atoms with van der Waals surface area (Å²) in [6.45, 7) is 1.29. The maximum atomic E-state index is 6.34. The van der Waals surface area contributed by atoms with Gasteiger partial charge in [-0.1, -0.05) is 32.1 Å². The number of hydrogen-bond donors (Lipinski definition) is 1. The third-order valence-electron chi connectivity index (χ3n) is 4.62. The second-order valence-electron chi connectivity index (χ2n) is 5.96. The van der Waals surface area contributed by atoms with Gasteiger partial charge in [-0.15, -0.1) is 0 Å². The molecular weight excluding hydrogens is 196 g/mol. The largest absolute Gasteiger partial charge is 0.326 e. The van der Waals surface area contributed by atoms with Crippen LogP contribution in [-0.2, 0) is 0 Å². The Morgan fingerprint density at radius 2 is 1.62 bits per heavy atom. The lowest BCUT2D eigenvalue weighted by Gasteiger charge is -2.38. The van der Waals surface area contributed by atoms with E-state index in [1.807, 2.05) is 0 Å². The van der Waals surface area contributed by atoms with Crippen LogP contribution in [0.3, 0.4) is 0 Å². The molecule has 2 rings (SSSR count). The highest BCUT2D eigenvalue weighted by molar-refractivity contribution is 4.84. The van der Waals surface area contributed by atoms with Crippen LogP contribution in [0.1, 0.15) is 57.8 Å². The van der Waals surface area contributed by atoms with Crippen molar-refractivity contribution in [1.29, 1.82) is 0 Å². The second kappa shape index (κ2) is 6.02. The van der Waals surface area contributed by atoms with Crippen LogP contribution in [0.5, 0.6) is 0 Å². The predicted molar refractivity (Wildman–Crippen MR) is 69.4 cm³/mol. The maximum absolute atomic E-state index is 6.34. The fourth-order valence-electron chi connectivity index (χ4n) is 3.26. The minimum atomic E-state index is 0.422. The first-order chi connectivity index (χ1) is 7.77. The average molecular weight is 224 g/mol. The van der Waals surface area contributed by atoms with Gasteiger partial charge < -0.3 is 10.6 Å². The molecule has 0 heterocycles. The fourth-order valence-corrected chi connectivity index (χ4v) is 3.26. The molecule has 16 heavy (non-hydrogen) atoms. The molecule has 94 valence electrons. The molecule has 2 nitrogen and oxygen atoms in total. The Hall–Kier alpha value is -0.0800. The van der Waals surface area contributed by atoms with Crippen LogP contribution < -0.4 is 5.73 Å². The first-order valence-corrected chi connectivity index (χ1v) is 7.23. The lowest BCUT2D eigenvalue weighted by Crippen LogP contribution is -2.48. The van der Waals surface area contributed by atoms with Crippen LogP contribution in [0.25, 0.3) is 0 Å². The minimum Gasteiger partial charge on any atom is -0.326 e. The lowest BCUT2D eigenvalue weighted by atomic mass is 9.84. The lowest BCUT2D eigenvalue weighted by molar-refractivity contribution is 0.130. The van der Waals surface area contributed by atoms with E-state index in [0.717, 1.165) is 5.92 Å². The Balaban J connectivity index is 1.82. The van der Waals surface area contributed by atoms with Gasteiger partial charge in [-0.3, -0.25) is 0 Å². The molecule has 0 aliphatic heterocycles. The second-order valence-corrected chi connectivity index (χ2v) is 5.96. The Labute approximate surface area is 101 Å². The van der Waals surface area contributed by atoms with Gasteiger partial charge in [0, 0.05) is 18.6 Å². The highest BCUT2D eigenvalue weighted by atomic mass is 15.1. The highest BCUT2D eigenvalue weighted by Gasteiger charge is 2.26. The minimum absolute atomic E-state index is 0.422. The summed E-state index contributed by atoms with van der Waals surface area (Å²) in [5.41, 5.74) is 6.34. The van der Waals surface area contributed by atoms with Gasteiger partial charge >= 0.3 is 0 Å². The zero-order valence-corrected chi connectivity index (χ0v) is 10.8. The van der Waals surface area contributed by atoms with E-state index in [2.05, 4.69) is 11.9 Å². The first-order valence-electron chi connectivity index (χ1n) is 7.23. The van der Waals surface area contributed by atoms with E-state index in [4.69, 9.17) is 5.73 Å². The summed E-state index contributed by atoms with van der Waals surface area (Å²) in [7, 11) is 2.30. The van der Waals surface area contributed by atoms with Gasteiger partial charge in [0.2, 0.25) is 0 Å². The Morgan fingerprint density at radius 1 is 0.938 bits per heavy atom. The summed E-state index contributed by atoms with van der Waals surface area (Å²) in [5.74, 6) is 0.975. The number of nitrogens with zero attached hydrogens (tertiary/aromatic N) is 1. The van der Waals surface area contributed by atoms with Crippen molar-refractivity contribution in [3.05, 3.63) is 0 Å². The van der Waals surface area contributed by atoms with E-state index in [1.54, 1.807) is 0 Å². The summed E-state index contributed by atoms with van der Waals surface area (Å²) in [6.07, 6.45) is 12.5. The standard InChI is InChI=1S/C14H28N2/c1-16(11-12-7-6-8-12)14-10-5-3-2-4-9-13(14)15/h12-14H,2-11,15H2,1H3. The van der Waals surface area contributed by atoms with Crippen molar-refractivity contribution in [1.82, 2.24) is 4.90 Å². The van der Waals surface area contributed by atoms with Gasteiger partial charge in [0.05, 0.1) is 0 Å². The number of rotatable bonds is 3. The van der Waals surface area contributed by atoms with E-state index < -0.39 is 0 Å². The van der Waals surface area contributed by atoms with Crippen molar-refractivity contribution in [2.75, 3.05) is 13.6 Å². The number of hydrogen-bond acceptors (Lipinski definition) is 2. The molecule has 0 aromatic rings. The molecule has 2 aliphatic carbocycles. The van der Waals surface area contributed by atoms with Gasteiger partial charge in [0.15, 0.2) is 0 Å². The predicted octanol–water partition coefficient (Wildman–Crippen LogP) is 2.77. The molecule has 2 unspecified atom stereocenters. The Morgan fingerprint density at radius 3 is 2.25 bits per heavy atom. The molecule has 0 amide bonds. The maximum Gasteiger partial charge on any atom is 0.0244 e. The molecule has 0 bridgehead atoms. The van der Waals surface area contributed by atoms with Crippen molar-refractivity contribution in [2.45, 2.75) is 69.9 Å². The number of likely N-dealkylation sites (N-methyl/N-ethyl adjacent to an activating group) is 1. The molecule has 0 aromatic carbocycles. The molecule has 0 aromatic heterocycles. The highest BCUT2D eigenvalue weighted by Crippen LogP contribution is 2.28. The summed E-state index contributed by atoms with van der Waals surface area (Å²) in [5, 5.41) is 0. The van der Waals surface area contributed by atoms with Crippen LogP contribution in [-0.4, -0.2) is 30.6 Å². The van der Waals surface area contributed by atoms with E-state index in [1.165, 1.54) is 64.3 Å². The molecule has 0 saturated heterocycles. The molecule has 2 fully saturated rings. The molecule has 2 aliphatic rings. The molecular formula is C14H28N2. The summed E-state index contributed by atoms with van der Waals surface area (Å²) in [4.78, 5) is 2.57. The average Bonchev–Trinajstić information content (AvgIpc) is 2.18. The molecule has 2 atom stereocenters. The van der Waals surface area contributed by atoms with Crippen LogP contribution in [0.15, 0.2) is 0 Å². The zero-order valence-electron chi connectivity index (χ0n) is 10.8. The van der Waals surface area contributed by atoms with E-state index >= 15 is 0 Å². The molecule has 2 saturated carbocycles. The first kappa shape index (κ1) is 12.4. The van der Waals surface area contributed by atoms with Crippen LogP contribution >= 0.6 is 0 Å². The monoisotopic (exact) mass is 224 g/mol. The van der Waals surface area contributed by atoms with Gasteiger partial charge in [-0.25, -0.2) is 0 Å². The van der Waals surface area contributed by atoms with Crippen molar-refractivity contribution in [3.63, 3.8) is 0 Å². The SMILES string of the molecule is CN(CC1CCC1)C1CCCCCCC1N. The molecule has 0 radical (unpaired) electrons. The Kier molecular flexibility index (Phi) is 4.66.